The number of alkyl halides is 3. The van der Waals surface area contributed by atoms with Crippen LogP contribution in [0, 0.1) is 6.92 Å². The number of amides is 1. The summed E-state index contributed by atoms with van der Waals surface area (Å²) in [6, 6.07) is 12.1. The third kappa shape index (κ3) is 5.15. The number of piperidine rings is 1. The average Bonchev–Trinajstić information content (AvgIpc) is 2.89. The van der Waals surface area contributed by atoms with Crippen LogP contribution in [0.5, 0.6) is 11.6 Å². The first-order valence-electron chi connectivity index (χ1n) is 12.1. The van der Waals surface area contributed by atoms with Crippen LogP contribution in [0.15, 0.2) is 48.5 Å². The number of nitrogens with zero attached hydrogens (tertiary/aromatic N) is 4. The Kier molecular flexibility index (Phi) is 6.55. The van der Waals surface area contributed by atoms with E-state index in [-0.39, 0.29) is 12.1 Å². The molecule has 0 atom stereocenters. The molecule has 6 nitrogen and oxygen atoms in total. The molecule has 2 aromatic carbocycles. The van der Waals surface area contributed by atoms with Crippen molar-refractivity contribution < 1.29 is 22.7 Å². The Hall–Kier alpha value is -3.62. The van der Waals surface area contributed by atoms with Gasteiger partial charge in [0.15, 0.2) is 0 Å². The zero-order chi connectivity index (χ0) is 25.3. The number of aromatic nitrogens is 2. The lowest BCUT2D eigenvalue weighted by atomic mass is 10.0. The van der Waals surface area contributed by atoms with Gasteiger partial charge in [-0.2, -0.15) is 18.2 Å². The van der Waals surface area contributed by atoms with Crippen LogP contribution >= 0.6 is 0 Å². The largest absolute Gasteiger partial charge is 0.438 e. The van der Waals surface area contributed by atoms with Gasteiger partial charge in [-0.25, -0.2) is 4.98 Å². The van der Waals surface area contributed by atoms with Gasteiger partial charge in [-0.1, -0.05) is 23.8 Å². The number of halogens is 3. The number of rotatable bonds is 4. The summed E-state index contributed by atoms with van der Waals surface area (Å²) in [4.78, 5) is 26.4. The maximum absolute atomic E-state index is 13.2. The van der Waals surface area contributed by atoms with Crippen molar-refractivity contribution in [3.63, 3.8) is 0 Å². The molecule has 0 aliphatic carbocycles. The van der Waals surface area contributed by atoms with Gasteiger partial charge >= 0.3 is 6.18 Å². The van der Waals surface area contributed by atoms with Crippen molar-refractivity contribution in [2.45, 2.75) is 45.3 Å². The first-order chi connectivity index (χ1) is 17.3. The van der Waals surface area contributed by atoms with E-state index in [1.807, 2.05) is 31.2 Å². The number of hydrogen-bond donors (Lipinski definition) is 0. The molecule has 1 aromatic heterocycles. The van der Waals surface area contributed by atoms with Crippen LogP contribution in [0.4, 0.5) is 19.1 Å². The van der Waals surface area contributed by atoms with Gasteiger partial charge in [0.05, 0.1) is 23.4 Å². The number of anilines is 1. The molecule has 1 saturated heterocycles. The summed E-state index contributed by atoms with van der Waals surface area (Å²) in [5, 5.41) is 0. The van der Waals surface area contributed by atoms with Crippen molar-refractivity contribution in [2.24, 2.45) is 0 Å². The minimum atomic E-state index is -4.52. The highest BCUT2D eigenvalue weighted by molar-refractivity contribution is 5.94. The predicted molar refractivity (Wildman–Crippen MR) is 129 cm³/mol. The van der Waals surface area contributed by atoms with Gasteiger partial charge < -0.3 is 14.5 Å². The van der Waals surface area contributed by atoms with Crippen LogP contribution in [0.3, 0.4) is 0 Å². The molecule has 3 heterocycles. The Morgan fingerprint density at radius 2 is 1.72 bits per heavy atom. The van der Waals surface area contributed by atoms with Crippen molar-refractivity contribution in [1.82, 2.24) is 14.9 Å². The average molecular weight is 497 g/mol. The second kappa shape index (κ2) is 9.79. The molecule has 1 amide bonds. The number of carbonyl (C=O) groups is 1. The summed E-state index contributed by atoms with van der Waals surface area (Å²) in [5.74, 6) is 1.15. The summed E-state index contributed by atoms with van der Waals surface area (Å²) < 4.78 is 45.8. The molecule has 5 rings (SSSR count). The Bertz CT molecular complexity index is 1250. The zero-order valence-electron chi connectivity index (χ0n) is 20.0. The number of hydrogen-bond acceptors (Lipinski definition) is 5. The number of aryl methyl sites for hydroxylation is 1. The molecular weight excluding hydrogens is 469 g/mol. The van der Waals surface area contributed by atoms with Crippen molar-refractivity contribution in [3.05, 3.63) is 76.5 Å². The van der Waals surface area contributed by atoms with Crippen LogP contribution in [0.1, 0.15) is 52.0 Å². The van der Waals surface area contributed by atoms with Crippen LogP contribution in [-0.2, 0) is 19.1 Å². The number of fused-ring (bicyclic) bond motifs is 1. The smallest absolute Gasteiger partial charge is 0.416 e. The number of carbonyl (C=O) groups excluding carboxylic acids is 1. The normalized spacial score (nSPS) is 16.0. The van der Waals surface area contributed by atoms with Crippen molar-refractivity contribution in [2.75, 3.05) is 24.5 Å². The summed E-state index contributed by atoms with van der Waals surface area (Å²) in [6.07, 6.45) is -0.714. The first-order valence-corrected chi connectivity index (χ1v) is 12.1. The lowest BCUT2D eigenvalue weighted by Crippen LogP contribution is -2.38. The van der Waals surface area contributed by atoms with Crippen LogP contribution < -0.4 is 9.64 Å². The monoisotopic (exact) mass is 496 g/mol. The van der Waals surface area contributed by atoms with E-state index in [4.69, 9.17) is 14.7 Å². The standard InChI is InChI=1S/C27H27F3N4O2/c1-18-8-10-21(11-9-18)36-24-22-17-34(25(35)19-6-5-7-20(16-19)27(28,29)30)15-12-23(22)31-26(32-24)33-13-3-2-4-14-33/h5-11,16H,2-4,12-15,17H2,1H3. The molecule has 36 heavy (non-hydrogen) atoms. The third-order valence-corrected chi connectivity index (χ3v) is 6.61. The van der Waals surface area contributed by atoms with E-state index in [1.54, 1.807) is 0 Å². The zero-order valence-corrected chi connectivity index (χ0v) is 20.0. The van der Waals surface area contributed by atoms with E-state index in [0.29, 0.717) is 36.1 Å². The third-order valence-electron chi connectivity index (χ3n) is 6.61. The Morgan fingerprint density at radius 1 is 0.972 bits per heavy atom. The molecule has 2 aliphatic rings. The molecule has 9 heteroatoms. The minimum absolute atomic E-state index is 0.000123. The maximum Gasteiger partial charge on any atom is 0.416 e. The van der Waals surface area contributed by atoms with Gasteiger partial charge in [0.1, 0.15) is 5.75 Å². The van der Waals surface area contributed by atoms with Crippen LogP contribution in [0.25, 0.3) is 0 Å². The quantitative estimate of drug-likeness (QED) is 0.458. The van der Waals surface area contributed by atoms with Crippen LogP contribution in [0.2, 0.25) is 0 Å². The molecule has 2 aliphatic heterocycles. The molecule has 0 bridgehead atoms. The van der Waals surface area contributed by atoms with Gasteiger partial charge in [0.2, 0.25) is 11.8 Å². The van der Waals surface area contributed by atoms with Crippen LogP contribution in [-0.4, -0.2) is 40.4 Å². The van der Waals surface area contributed by atoms with Crippen molar-refractivity contribution >= 4 is 11.9 Å². The molecule has 0 radical (unpaired) electrons. The Balaban J connectivity index is 1.46. The van der Waals surface area contributed by atoms with Gasteiger partial charge in [-0.05, 0) is 56.5 Å². The highest BCUT2D eigenvalue weighted by Gasteiger charge is 2.33. The maximum atomic E-state index is 13.2. The summed E-state index contributed by atoms with van der Waals surface area (Å²) >= 11 is 0. The first kappa shape index (κ1) is 24.1. The predicted octanol–water partition coefficient (Wildman–Crippen LogP) is 5.78. The highest BCUT2D eigenvalue weighted by Crippen LogP contribution is 2.34. The fourth-order valence-electron chi connectivity index (χ4n) is 4.59. The van der Waals surface area contributed by atoms with E-state index in [9.17, 15) is 18.0 Å². The Labute approximate surface area is 207 Å². The summed E-state index contributed by atoms with van der Waals surface area (Å²) in [5.41, 5.74) is 1.74. The molecule has 0 saturated carbocycles. The van der Waals surface area contributed by atoms with E-state index in [2.05, 4.69) is 4.90 Å². The van der Waals surface area contributed by atoms with Crippen molar-refractivity contribution in [1.29, 1.82) is 0 Å². The van der Waals surface area contributed by atoms with Gasteiger partial charge in [-0.15, -0.1) is 0 Å². The molecular formula is C27H27F3N4O2. The van der Waals surface area contributed by atoms with E-state index in [1.165, 1.54) is 23.5 Å². The topological polar surface area (TPSA) is 58.6 Å². The van der Waals surface area contributed by atoms with E-state index in [0.717, 1.165) is 49.3 Å². The van der Waals surface area contributed by atoms with E-state index < -0.39 is 17.6 Å². The Morgan fingerprint density at radius 3 is 2.44 bits per heavy atom. The fourth-order valence-corrected chi connectivity index (χ4v) is 4.59. The summed E-state index contributed by atoms with van der Waals surface area (Å²) in [6.45, 7) is 4.25. The van der Waals surface area contributed by atoms with Crippen molar-refractivity contribution in [3.8, 4) is 11.6 Å². The fraction of sp³-hybridized carbons (Fsp3) is 0.370. The van der Waals surface area contributed by atoms with Gasteiger partial charge in [-0.3, -0.25) is 4.79 Å². The SMILES string of the molecule is Cc1ccc(Oc2nc(N3CCCCC3)nc3c2CN(C(=O)c2cccc(C(F)(F)F)c2)CC3)cc1. The molecule has 188 valence electrons. The molecule has 0 N–H and O–H groups in total. The molecule has 3 aromatic rings. The van der Waals surface area contributed by atoms with Gasteiger partial charge in [0, 0.05) is 31.6 Å². The minimum Gasteiger partial charge on any atom is -0.438 e. The number of ether oxygens (including phenoxy) is 1. The van der Waals surface area contributed by atoms with Gasteiger partial charge in [0.25, 0.3) is 5.91 Å². The highest BCUT2D eigenvalue weighted by atomic mass is 19.4. The number of benzene rings is 2. The summed E-state index contributed by atoms with van der Waals surface area (Å²) in [7, 11) is 0. The second-order valence-corrected chi connectivity index (χ2v) is 9.27. The van der Waals surface area contributed by atoms with E-state index >= 15 is 0 Å². The molecule has 0 unspecified atom stereocenters. The molecule has 0 spiro atoms. The lowest BCUT2D eigenvalue weighted by Gasteiger charge is -2.32. The lowest BCUT2D eigenvalue weighted by molar-refractivity contribution is -0.137. The second-order valence-electron chi connectivity index (χ2n) is 9.27. The molecule has 1 fully saturated rings.